The van der Waals surface area contributed by atoms with E-state index in [9.17, 15) is 4.79 Å². The van der Waals surface area contributed by atoms with Crippen molar-refractivity contribution in [2.45, 2.75) is 13.3 Å². The lowest BCUT2D eigenvalue weighted by atomic mass is 10.1. The van der Waals surface area contributed by atoms with Crippen molar-refractivity contribution in [1.29, 1.82) is 0 Å². The molecule has 13 heavy (non-hydrogen) atoms. The molecule has 1 aromatic rings. The van der Waals surface area contributed by atoms with Crippen LogP contribution in [-0.4, -0.2) is 22.6 Å². The van der Waals surface area contributed by atoms with Crippen molar-refractivity contribution in [1.82, 2.24) is 4.98 Å². The van der Waals surface area contributed by atoms with E-state index >= 15 is 0 Å². The summed E-state index contributed by atoms with van der Waals surface area (Å²) in [6.45, 7) is 2.33. The molecule has 0 spiro atoms. The molecule has 0 amide bonds. The predicted octanol–water partition coefficient (Wildman–Crippen LogP) is 1.54. The second-order valence-electron chi connectivity index (χ2n) is 2.91. The first-order valence-corrected chi connectivity index (χ1v) is 4.34. The van der Waals surface area contributed by atoms with Crippen molar-refractivity contribution in [2.24, 2.45) is 5.92 Å². The molecule has 0 saturated heterocycles. The number of rotatable bonds is 5. The standard InChI is InChI=1S/C9H14N2O2/c1-2-7(9(12)13)6-11-8-4-3-5-10-8/h3-5,7,10-11H,2,6H2,1H3,(H,12,13). The molecule has 3 N–H and O–H groups in total. The molecule has 0 aromatic carbocycles. The largest absolute Gasteiger partial charge is 0.481 e. The van der Waals surface area contributed by atoms with Crippen LogP contribution in [0.4, 0.5) is 5.82 Å². The quantitative estimate of drug-likeness (QED) is 0.647. The third kappa shape index (κ3) is 2.82. The van der Waals surface area contributed by atoms with Crippen molar-refractivity contribution < 1.29 is 9.90 Å². The first-order chi connectivity index (χ1) is 6.24. The molecule has 72 valence electrons. The molecule has 0 aliphatic heterocycles. The molecule has 4 heteroatoms. The minimum Gasteiger partial charge on any atom is -0.481 e. The number of anilines is 1. The van der Waals surface area contributed by atoms with E-state index in [1.165, 1.54) is 0 Å². The van der Waals surface area contributed by atoms with Gasteiger partial charge in [0.15, 0.2) is 0 Å². The molecule has 0 aliphatic carbocycles. The third-order valence-electron chi connectivity index (χ3n) is 1.98. The van der Waals surface area contributed by atoms with Crippen LogP contribution >= 0.6 is 0 Å². The van der Waals surface area contributed by atoms with Crippen LogP contribution in [0.15, 0.2) is 18.3 Å². The molecular formula is C9H14N2O2. The number of nitrogens with one attached hydrogen (secondary N) is 2. The lowest BCUT2D eigenvalue weighted by molar-refractivity contribution is -0.141. The first-order valence-electron chi connectivity index (χ1n) is 4.34. The van der Waals surface area contributed by atoms with Gasteiger partial charge >= 0.3 is 5.97 Å². The Morgan fingerprint density at radius 2 is 2.54 bits per heavy atom. The number of aromatic nitrogens is 1. The van der Waals surface area contributed by atoms with Crippen LogP contribution in [0.25, 0.3) is 0 Å². The van der Waals surface area contributed by atoms with E-state index < -0.39 is 5.97 Å². The van der Waals surface area contributed by atoms with Gasteiger partial charge in [-0.25, -0.2) is 0 Å². The zero-order chi connectivity index (χ0) is 9.68. The van der Waals surface area contributed by atoms with Crippen molar-refractivity contribution in [3.63, 3.8) is 0 Å². The van der Waals surface area contributed by atoms with E-state index in [2.05, 4.69) is 10.3 Å². The van der Waals surface area contributed by atoms with Crippen LogP contribution in [0.2, 0.25) is 0 Å². The lowest BCUT2D eigenvalue weighted by Crippen LogP contribution is -2.22. The van der Waals surface area contributed by atoms with Gasteiger partial charge in [0.2, 0.25) is 0 Å². The zero-order valence-corrected chi connectivity index (χ0v) is 7.58. The van der Waals surface area contributed by atoms with Gasteiger partial charge < -0.3 is 15.4 Å². The zero-order valence-electron chi connectivity index (χ0n) is 7.58. The Bertz CT molecular complexity index is 257. The van der Waals surface area contributed by atoms with E-state index in [0.29, 0.717) is 13.0 Å². The molecule has 4 nitrogen and oxygen atoms in total. The number of hydrogen-bond acceptors (Lipinski definition) is 2. The fourth-order valence-corrected chi connectivity index (χ4v) is 1.08. The average Bonchev–Trinajstić information content (AvgIpc) is 2.57. The van der Waals surface area contributed by atoms with Gasteiger partial charge in [-0.3, -0.25) is 4.79 Å². The summed E-state index contributed by atoms with van der Waals surface area (Å²) in [7, 11) is 0. The Labute approximate surface area is 77.0 Å². The molecule has 0 bridgehead atoms. The molecule has 1 unspecified atom stereocenters. The van der Waals surface area contributed by atoms with Gasteiger partial charge in [0.25, 0.3) is 0 Å². The highest BCUT2D eigenvalue weighted by Crippen LogP contribution is 2.06. The number of carbonyl (C=O) groups is 1. The fourth-order valence-electron chi connectivity index (χ4n) is 1.08. The number of aromatic amines is 1. The highest BCUT2D eigenvalue weighted by molar-refractivity contribution is 5.70. The number of H-pyrrole nitrogens is 1. The maximum absolute atomic E-state index is 10.6. The van der Waals surface area contributed by atoms with Crippen LogP contribution in [0, 0.1) is 5.92 Å². The molecule has 1 atom stereocenters. The van der Waals surface area contributed by atoms with Gasteiger partial charge in [-0.1, -0.05) is 6.92 Å². The molecule has 1 aromatic heterocycles. The molecule has 1 rings (SSSR count). The second-order valence-corrected chi connectivity index (χ2v) is 2.91. The van der Waals surface area contributed by atoms with Gasteiger partial charge in [0.1, 0.15) is 5.82 Å². The van der Waals surface area contributed by atoms with Crippen LogP contribution in [-0.2, 0) is 4.79 Å². The highest BCUT2D eigenvalue weighted by atomic mass is 16.4. The van der Waals surface area contributed by atoms with Gasteiger partial charge in [-0.2, -0.15) is 0 Å². The van der Waals surface area contributed by atoms with E-state index in [-0.39, 0.29) is 5.92 Å². The fraction of sp³-hybridized carbons (Fsp3) is 0.444. The van der Waals surface area contributed by atoms with Crippen LogP contribution in [0.3, 0.4) is 0 Å². The summed E-state index contributed by atoms with van der Waals surface area (Å²) in [6, 6.07) is 3.73. The van der Waals surface area contributed by atoms with Gasteiger partial charge in [0, 0.05) is 12.7 Å². The van der Waals surface area contributed by atoms with Gasteiger partial charge in [0.05, 0.1) is 5.92 Å². The van der Waals surface area contributed by atoms with Crippen LogP contribution < -0.4 is 5.32 Å². The molecule has 0 aliphatic rings. The maximum Gasteiger partial charge on any atom is 0.308 e. The molecule has 0 radical (unpaired) electrons. The SMILES string of the molecule is CCC(CNc1ccc[nH]1)C(=O)O. The van der Waals surface area contributed by atoms with Crippen molar-refractivity contribution in [2.75, 3.05) is 11.9 Å². The first kappa shape index (κ1) is 9.64. The second kappa shape index (κ2) is 4.54. The minimum atomic E-state index is -0.749. The Kier molecular flexibility index (Phi) is 3.37. The summed E-state index contributed by atoms with van der Waals surface area (Å²) in [5.74, 6) is -0.204. The Morgan fingerprint density at radius 3 is 3.00 bits per heavy atom. The van der Waals surface area contributed by atoms with Crippen molar-refractivity contribution in [3.8, 4) is 0 Å². The van der Waals surface area contributed by atoms with Gasteiger partial charge in [-0.15, -0.1) is 0 Å². The van der Waals surface area contributed by atoms with E-state index in [4.69, 9.17) is 5.11 Å². The molecule has 0 fully saturated rings. The summed E-state index contributed by atoms with van der Waals surface area (Å²) >= 11 is 0. The number of carboxylic acid groups (broad SMARTS) is 1. The van der Waals surface area contributed by atoms with Crippen molar-refractivity contribution in [3.05, 3.63) is 18.3 Å². The van der Waals surface area contributed by atoms with Crippen molar-refractivity contribution >= 4 is 11.8 Å². The normalized spacial score (nSPS) is 12.4. The molecular weight excluding hydrogens is 168 g/mol. The lowest BCUT2D eigenvalue weighted by Gasteiger charge is -2.10. The Morgan fingerprint density at radius 1 is 1.77 bits per heavy atom. The Hall–Kier alpha value is -1.45. The van der Waals surface area contributed by atoms with E-state index in [0.717, 1.165) is 5.82 Å². The van der Waals surface area contributed by atoms with E-state index in [1.54, 1.807) is 6.20 Å². The number of aliphatic carboxylic acids is 1. The average molecular weight is 182 g/mol. The monoisotopic (exact) mass is 182 g/mol. The Balaban J connectivity index is 2.36. The maximum atomic E-state index is 10.6. The molecule has 1 heterocycles. The predicted molar refractivity (Wildman–Crippen MR) is 50.7 cm³/mol. The van der Waals surface area contributed by atoms with Crippen LogP contribution in [0.1, 0.15) is 13.3 Å². The van der Waals surface area contributed by atoms with Crippen LogP contribution in [0.5, 0.6) is 0 Å². The summed E-state index contributed by atoms with van der Waals surface area (Å²) in [4.78, 5) is 13.6. The highest BCUT2D eigenvalue weighted by Gasteiger charge is 2.13. The van der Waals surface area contributed by atoms with E-state index in [1.807, 2.05) is 19.1 Å². The number of hydrogen-bond donors (Lipinski definition) is 3. The molecule has 0 saturated carbocycles. The number of carboxylic acids is 1. The summed E-state index contributed by atoms with van der Waals surface area (Å²) in [6.07, 6.45) is 2.44. The summed E-state index contributed by atoms with van der Waals surface area (Å²) in [5, 5.41) is 11.8. The third-order valence-corrected chi connectivity index (χ3v) is 1.98. The summed E-state index contributed by atoms with van der Waals surface area (Å²) < 4.78 is 0. The van der Waals surface area contributed by atoms with Gasteiger partial charge in [-0.05, 0) is 18.6 Å². The topological polar surface area (TPSA) is 65.1 Å². The summed E-state index contributed by atoms with van der Waals surface area (Å²) in [5.41, 5.74) is 0. The smallest absolute Gasteiger partial charge is 0.308 e. The minimum absolute atomic E-state index is 0.316.